The molecule has 0 unspecified atom stereocenters. The van der Waals surface area contributed by atoms with E-state index in [1.54, 1.807) is 35.9 Å². The van der Waals surface area contributed by atoms with E-state index in [2.05, 4.69) is 26.2 Å². The Morgan fingerprint density at radius 1 is 1.18 bits per heavy atom. The van der Waals surface area contributed by atoms with Crippen molar-refractivity contribution in [1.82, 2.24) is 9.55 Å². The molecule has 1 heterocycles. The lowest BCUT2D eigenvalue weighted by molar-refractivity contribution is -0.136. The molecule has 0 bridgehead atoms. The van der Waals surface area contributed by atoms with Gasteiger partial charge in [-0.15, -0.1) is 0 Å². The Hall–Kier alpha value is -1.73. The first-order chi connectivity index (χ1) is 13.2. The average Bonchev–Trinajstić information content (AvgIpc) is 2.94. The molecule has 28 heavy (non-hydrogen) atoms. The van der Waals surface area contributed by atoms with Crippen molar-refractivity contribution in [3.8, 4) is 0 Å². The molecule has 1 N–H and O–H groups in total. The predicted octanol–water partition coefficient (Wildman–Crippen LogP) is 7.66. The Kier molecular flexibility index (Phi) is 5.96. The molecule has 3 rings (SSSR count). The Balaban J connectivity index is 2.22. The van der Waals surface area contributed by atoms with Crippen molar-refractivity contribution < 1.29 is 13.2 Å². The number of nitrogens with one attached hydrogen (secondary N) is 1. The first-order valence-corrected chi connectivity index (χ1v) is 10.1. The number of hydrogen-bond acceptors (Lipinski definition) is 2. The Morgan fingerprint density at radius 2 is 1.86 bits per heavy atom. The van der Waals surface area contributed by atoms with E-state index in [0.717, 1.165) is 24.5 Å². The number of benzene rings is 2. The largest absolute Gasteiger partial charge is 0.418 e. The molecule has 150 valence electrons. The fourth-order valence-electron chi connectivity index (χ4n) is 3.46. The molecular weight excluding hydrogens is 455 g/mol. The molecule has 0 aliphatic heterocycles. The molecule has 0 radical (unpaired) electrons. The van der Waals surface area contributed by atoms with E-state index in [1.165, 1.54) is 0 Å². The topological polar surface area (TPSA) is 29.9 Å². The SMILES string of the molecule is CCC(CC)c1ccc(C(F)(F)F)c2nc(Nc3ccc(Cl)cc3Br)n(C)c12. The minimum Gasteiger partial charge on any atom is -0.325 e. The summed E-state index contributed by atoms with van der Waals surface area (Å²) in [5.41, 5.74) is 1.30. The van der Waals surface area contributed by atoms with Gasteiger partial charge < -0.3 is 9.88 Å². The number of hydrogen-bond donors (Lipinski definition) is 1. The molecule has 0 atom stereocenters. The predicted molar refractivity (Wildman–Crippen MR) is 111 cm³/mol. The van der Waals surface area contributed by atoms with Gasteiger partial charge in [-0.25, -0.2) is 4.98 Å². The molecule has 0 fully saturated rings. The van der Waals surface area contributed by atoms with Crippen molar-refractivity contribution in [3.63, 3.8) is 0 Å². The van der Waals surface area contributed by atoms with Crippen LogP contribution in [-0.2, 0) is 13.2 Å². The highest BCUT2D eigenvalue weighted by Gasteiger charge is 2.35. The second-order valence-electron chi connectivity index (χ2n) is 6.65. The first-order valence-electron chi connectivity index (χ1n) is 8.95. The van der Waals surface area contributed by atoms with Gasteiger partial charge >= 0.3 is 6.18 Å². The van der Waals surface area contributed by atoms with Crippen LogP contribution in [-0.4, -0.2) is 9.55 Å². The maximum absolute atomic E-state index is 13.6. The number of aromatic nitrogens is 2. The number of fused-ring (bicyclic) bond motifs is 1. The number of aryl methyl sites for hydroxylation is 1. The van der Waals surface area contributed by atoms with E-state index in [9.17, 15) is 13.2 Å². The third kappa shape index (κ3) is 3.87. The highest BCUT2D eigenvalue weighted by Crippen LogP contribution is 2.40. The van der Waals surface area contributed by atoms with Crippen LogP contribution < -0.4 is 5.32 Å². The van der Waals surface area contributed by atoms with Gasteiger partial charge in [0, 0.05) is 16.5 Å². The van der Waals surface area contributed by atoms with Gasteiger partial charge in [0.05, 0.1) is 16.8 Å². The molecule has 0 spiro atoms. The van der Waals surface area contributed by atoms with Crippen LogP contribution in [0.5, 0.6) is 0 Å². The smallest absolute Gasteiger partial charge is 0.325 e. The monoisotopic (exact) mass is 473 g/mol. The molecule has 2 aromatic carbocycles. The Labute approximate surface area is 175 Å². The number of anilines is 2. The normalized spacial score (nSPS) is 12.2. The molecule has 3 nitrogen and oxygen atoms in total. The molecule has 1 aromatic heterocycles. The lowest BCUT2D eigenvalue weighted by Gasteiger charge is -2.17. The second kappa shape index (κ2) is 7.95. The molecule has 0 aliphatic rings. The van der Waals surface area contributed by atoms with Crippen molar-refractivity contribution in [2.24, 2.45) is 7.05 Å². The van der Waals surface area contributed by atoms with Gasteiger partial charge in [-0.1, -0.05) is 31.5 Å². The molecule has 0 aliphatic carbocycles. The summed E-state index contributed by atoms with van der Waals surface area (Å²) in [5.74, 6) is 0.497. The molecule has 0 saturated heterocycles. The van der Waals surface area contributed by atoms with Crippen LogP contribution in [0.1, 0.15) is 43.7 Å². The first kappa shape index (κ1) is 21.0. The van der Waals surface area contributed by atoms with E-state index >= 15 is 0 Å². The van der Waals surface area contributed by atoms with E-state index in [1.807, 2.05) is 13.8 Å². The quantitative estimate of drug-likeness (QED) is 0.411. The maximum atomic E-state index is 13.6. The highest BCUT2D eigenvalue weighted by atomic mass is 79.9. The van der Waals surface area contributed by atoms with Gasteiger partial charge in [-0.2, -0.15) is 13.2 Å². The fourth-order valence-corrected chi connectivity index (χ4v) is 4.24. The van der Waals surface area contributed by atoms with Gasteiger partial charge in [0.15, 0.2) is 0 Å². The zero-order chi connectivity index (χ0) is 20.6. The van der Waals surface area contributed by atoms with Crippen LogP contribution in [0, 0.1) is 0 Å². The summed E-state index contributed by atoms with van der Waals surface area (Å²) >= 11 is 9.39. The van der Waals surface area contributed by atoms with Crippen molar-refractivity contribution in [2.75, 3.05) is 5.32 Å². The number of rotatable bonds is 5. The number of halogens is 5. The van der Waals surface area contributed by atoms with Crippen LogP contribution in [0.4, 0.5) is 24.8 Å². The summed E-state index contributed by atoms with van der Waals surface area (Å²) in [6, 6.07) is 7.90. The van der Waals surface area contributed by atoms with Crippen molar-refractivity contribution in [2.45, 2.75) is 38.8 Å². The van der Waals surface area contributed by atoms with Gasteiger partial charge in [-0.3, -0.25) is 0 Å². The maximum Gasteiger partial charge on any atom is 0.418 e. The number of nitrogens with zero attached hydrogens (tertiary/aromatic N) is 2. The molecule has 0 amide bonds. The van der Waals surface area contributed by atoms with E-state index in [-0.39, 0.29) is 11.4 Å². The lowest BCUT2D eigenvalue weighted by Crippen LogP contribution is -2.08. The minimum atomic E-state index is -4.48. The average molecular weight is 475 g/mol. The third-order valence-electron chi connectivity index (χ3n) is 4.96. The minimum absolute atomic E-state index is 0.0352. The van der Waals surface area contributed by atoms with Crippen molar-refractivity contribution >= 4 is 50.2 Å². The van der Waals surface area contributed by atoms with Crippen molar-refractivity contribution in [1.29, 1.82) is 0 Å². The van der Waals surface area contributed by atoms with Gasteiger partial charge in [0.1, 0.15) is 5.52 Å². The van der Waals surface area contributed by atoms with Crippen LogP contribution in [0.15, 0.2) is 34.8 Å². The van der Waals surface area contributed by atoms with Crippen molar-refractivity contribution in [3.05, 3.63) is 51.0 Å². The zero-order valence-electron chi connectivity index (χ0n) is 15.7. The second-order valence-corrected chi connectivity index (χ2v) is 7.95. The molecule has 3 aromatic rings. The van der Waals surface area contributed by atoms with Gasteiger partial charge in [0.25, 0.3) is 0 Å². The summed E-state index contributed by atoms with van der Waals surface area (Å²) in [6.45, 7) is 4.08. The van der Waals surface area contributed by atoms with Crippen LogP contribution in [0.2, 0.25) is 5.02 Å². The third-order valence-corrected chi connectivity index (χ3v) is 5.85. The van der Waals surface area contributed by atoms with E-state index in [4.69, 9.17) is 11.6 Å². The number of imidazole rings is 1. The molecule has 8 heteroatoms. The summed E-state index contributed by atoms with van der Waals surface area (Å²) in [5, 5.41) is 3.67. The van der Waals surface area contributed by atoms with E-state index < -0.39 is 11.7 Å². The Bertz CT molecular complexity index is 1010. The lowest BCUT2D eigenvalue weighted by atomic mass is 9.91. The summed E-state index contributed by atoms with van der Waals surface area (Å²) in [6.07, 6.45) is -2.79. The Morgan fingerprint density at radius 3 is 2.43 bits per heavy atom. The number of alkyl halides is 3. The van der Waals surface area contributed by atoms with Crippen LogP contribution in [0.25, 0.3) is 11.0 Å². The summed E-state index contributed by atoms with van der Waals surface area (Å²) in [4.78, 5) is 4.33. The highest BCUT2D eigenvalue weighted by molar-refractivity contribution is 9.10. The van der Waals surface area contributed by atoms with Gasteiger partial charge in [0.2, 0.25) is 5.95 Å². The zero-order valence-corrected chi connectivity index (χ0v) is 18.0. The van der Waals surface area contributed by atoms with Crippen LogP contribution in [0.3, 0.4) is 0 Å². The van der Waals surface area contributed by atoms with Crippen LogP contribution >= 0.6 is 27.5 Å². The molecule has 0 saturated carbocycles. The van der Waals surface area contributed by atoms with Gasteiger partial charge in [-0.05, 0) is 64.5 Å². The standard InChI is InChI=1S/C20H20BrClF3N3/c1-4-11(5-2)13-7-8-14(20(23,24)25)17-18(13)28(3)19(27-17)26-16-9-6-12(22)10-15(16)21/h6-11H,4-5H2,1-3H3,(H,26,27). The summed E-state index contributed by atoms with van der Waals surface area (Å²) < 4.78 is 43.2. The fraction of sp³-hybridized carbons (Fsp3) is 0.350. The summed E-state index contributed by atoms with van der Waals surface area (Å²) in [7, 11) is 1.73. The molecular formula is C20H20BrClF3N3. The van der Waals surface area contributed by atoms with E-state index in [0.29, 0.717) is 26.6 Å².